The van der Waals surface area contributed by atoms with Crippen LogP contribution in [0.25, 0.3) is 10.9 Å². The standard InChI is InChI=1S/C13H17N3O/c1-9(2)7-8-12(17)14-13-10-5-3-4-6-11(10)15-16-13/h3-6,9H,7-8H2,1-2H3,(H2,14,15,16,17). The van der Waals surface area contributed by atoms with Gasteiger partial charge in [-0.15, -0.1) is 0 Å². The minimum absolute atomic E-state index is 0.0240. The van der Waals surface area contributed by atoms with Crippen LogP contribution >= 0.6 is 0 Å². The monoisotopic (exact) mass is 231 g/mol. The van der Waals surface area contributed by atoms with E-state index in [4.69, 9.17) is 0 Å². The number of carbonyl (C=O) groups excluding carboxylic acids is 1. The van der Waals surface area contributed by atoms with E-state index in [1.165, 1.54) is 0 Å². The molecule has 4 heteroatoms. The van der Waals surface area contributed by atoms with Gasteiger partial charge in [0.2, 0.25) is 5.91 Å². The van der Waals surface area contributed by atoms with Crippen LogP contribution in [-0.4, -0.2) is 16.1 Å². The molecule has 0 bridgehead atoms. The fourth-order valence-corrected chi connectivity index (χ4v) is 1.67. The molecule has 4 nitrogen and oxygen atoms in total. The Morgan fingerprint density at radius 3 is 2.94 bits per heavy atom. The van der Waals surface area contributed by atoms with E-state index in [9.17, 15) is 4.79 Å². The topological polar surface area (TPSA) is 57.8 Å². The van der Waals surface area contributed by atoms with Gasteiger partial charge in [0.15, 0.2) is 5.82 Å². The van der Waals surface area contributed by atoms with Crippen LogP contribution in [0.2, 0.25) is 0 Å². The number of aromatic amines is 1. The van der Waals surface area contributed by atoms with Crippen molar-refractivity contribution >= 4 is 22.6 Å². The maximum atomic E-state index is 11.7. The van der Waals surface area contributed by atoms with Gasteiger partial charge in [-0.1, -0.05) is 26.0 Å². The van der Waals surface area contributed by atoms with Gasteiger partial charge in [0.1, 0.15) is 0 Å². The molecule has 2 rings (SSSR count). The molecule has 0 unspecified atom stereocenters. The van der Waals surface area contributed by atoms with E-state index in [1.54, 1.807) is 0 Å². The number of rotatable bonds is 4. The van der Waals surface area contributed by atoms with Crippen molar-refractivity contribution in [2.24, 2.45) is 5.92 Å². The van der Waals surface area contributed by atoms with Crippen LogP contribution in [0.1, 0.15) is 26.7 Å². The molecule has 1 aromatic carbocycles. The number of anilines is 1. The van der Waals surface area contributed by atoms with E-state index in [0.717, 1.165) is 17.3 Å². The molecule has 0 fully saturated rings. The molecule has 17 heavy (non-hydrogen) atoms. The lowest BCUT2D eigenvalue weighted by Gasteiger charge is -2.04. The highest BCUT2D eigenvalue weighted by atomic mass is 16.1. The molecular formula is C13H17N3O. The van der Waals surface area contributed by atoms with Gasteiger partial charge in [-0.25, -0.2) is 0 Å². The van der Waals surface area contributed by atoms with E-state index in [0.29, 0.717) is 18.2 Å². The van der Waals surface area contributed by atoms with Gasteiger partial charge in [-0.05, 0) is 24.5 Å². The molecule has 0 atom stereocenters. The Bertz CT molecular complexity index is 516. The Morgan fingerprint density at radius 1 is 1.41 bits per heavy atom. The van der Waals surface area contributed by atoms with E-state index >= 15 is 0 Å². The van der Waals surface area contributed by atoms with Gasteiger partial charge in [0.05, 0.1) is 5.52 Å². The van der Waals surface area contributed by atoms with Crippen molar-refractivity contribution in [3.63, 3.8) is 0 Å². The maximum absolute atomic E-state index is 11.7. The zero-order valence-corrected chi connectivity index (χ0v) is 10.2. The van der Waals surface area contributed by atoms with E-state index in [-0.39, 0.29) is 5.91 Å². The highest BCUT2D eigenvalue weighted by molar-refractivity contribution is 5.99. The molecule has 0 radical (unpaired) electrons. The number of nitrogens with one attached hydrogen (secondary N) is 2. The first kappa shape index (κ1) is 11.6. The van der Waals surface area contributed by atoms with E-state index < -0.39 is 0 Å². The Labute approximate surface area is 100 Å². The molecule has 1 amide bonds. The largest absolute Gasteiger partial charge is 0.309 e. The lowest BCUT2D eigenvalue weighted by molar-refractivity contribution is -0.116. The van der Waals surface area contributed by atoms with Crippen molar-refractivity contribution in [1.82, 2.24) is 10.2 Å². The SMILES string of the molecule is CC(C)CCC(=O)Nc1n[nH]c2ccccc12. The molecule has 2 N–H and O–H groups in total. The first-order chi connectivity index (χ1) is 8.16. The minimum Gasteiger partial charge on any atom is -0.309 e. The Kier molecular flexibility index (Phi) is 3.42. The van der Waals surface area contributed by atoms with Crippen LogP contribution in [0, 0.1) is 5.92 Å². The van der Waals surface area contributed by atoms with Crippen LogP contribution in [-0.2, 0) is 4.79 Å². The van der Waals surface area contributed by atoms with Gasteiger partial charge in [-0.2, -0.15) is 5.10 Å². The van der Waals surface area contributed by atoms with Gasteiger partial charge in [0.25, 0.3) is 0 Å². The number of para-hydroxylation sites is 1. The van der Waals surface area contributed by atoms with Crippen LogP contribution in [0.4, 0.5) is 5.82 Å². The summed E-state index contributed by atoms with van der Waals surface area (Å²) >= 11 is 0. The van der Waals surface area contributed by atoms with Crippen molar-refractivity contribution in [3.05, 3.63) is 24.3 Å². The fourth-order valence-electron chi connectivity index (χ4n) is 1.67. The summed E-state index contributed by atoms with van der Waals surface area (Å²) in [5.74, 6) is 1.18. The maximum Gasteiger partial charge on any atom is 0.225 e. The number of amides is 1. The van der Waals surface area contributed by atoms with E-state index in [1.807, 2.05) is 24.3 Å². The van der Waals surface area contributed by atoms with Crippen molar-refractivity contribution < 1.29 is 4.79 Å². The first-order valence-corrected chi connectivity index (χ1v) is 5.90. The van der Waals surface area contributed by atoms with Crippen molar-refractivity contribution in [2.45, 2.75) is 26.7 Å². The number of hydrogen-bond donors (Lipinski definition) is 2. The molecule has 0 aliphatic heterocycles. The predicted octanol–water partition coefficient (Wildman–Crippen LogP) is 2.94. The first-order valence-electron chi connectivity index (χ1n) is 5.90. The summed E-state index contributed by atoms with van der Waals surface area (Å²) in [4.78, 5) is 11.7. The summed E-state index contributed by atoms with van der Waals surface area (Å²) < 4.78 is 0. The number of benzene rings is 1. The molecule has 2 aromatic rings. The van der Waals surface area contributed by atoms with Gasteiger partial charge in [0, 0.05) is 11.8 Å². The normalized spacial score (nSPS) is 11.0. The number of fused-ring (bicyclic) bond motifs is 1. The van der Waals surface area contributed by atoms with Crippen LogP contribution in [0.5, 0.6) is 0 Å². The third kappa shape index (κ3) is 2.84. The zero-order valence-electron chi connectivity index (χ0n) is 10.2. The average Bonchev–Trinajstić information content (AvgIpc) is 2.70. The quantitative estimate of drug-likeness (QED) is 0.850. The number of H-pyrrole nitrogens is 1. The minimum atomic E-state index is 0.0240. The lowest BCUT2D eigenvalue weighted by atomic mass is 10.1. The summed E-state index contributed by atoms with van der Waals surface area (Å²) in [5.41, 5.74) is 0.937. The highest BCUT2D eigenvalue weighted by Gasteiger charge is 2.09. The van der Waals surface area contributed by atoms with Gasteiger partial charge in [-0.3, -0.25) is 9.89 Å². The smallest absolute Gasteiger partial charge is 0.225 e. The van der Waals surface area contributed by atoms with Crippen LogP contribution < -0.4 is 5.32 Å². The van der Waals surface area contributed by atoms with E-state index in [2.05, 4.69) is 29.4 Å². The van der Waals surface area contributed by atoms with Crippen LogP contribution in [0.15, 0.2) is 24.3 Å². The third-order valence-corrected chi connectivity index (χ3v) is 2.68. The van der Waals surface area contributed by atoms with Crippen molar-refractivity contribution in [1.29, 1.82) is 0 Å². The second-order valence-corrected chi connectivity index (χ2v) is 4.60. The third-order valence-electron chi connectivity index (χ3n) is 2.68. The Balaban J connectivity index is 2.06. The fraction of sp³-hybridized carbons (Fsp3) is 0.385. The molecule has 0 spiro atoms. The van der Waals surface area contributed by atoms with Crippen molar-refractivity contribution in [2.75, 3.05) is 5.32 Å². The molecular weight excluding hydrogens is 214 g/mol. The summed E-state index contributed by atoms with van der Waals surface area (Å²) in [6, 6.07) is 7.75. The Hall–Kier alpha value is -1.84. The molecule has 1 heterocycles. The van der Waals surface area contributed by atoms with Crippen LogP contribution in [0.3, 0.4) is 0 Å². The number of hydrogen-bond acceptors (Lipinski definition) is 2. The second-order valence-electron chi connectivity index (χ2n) is 4.60. The molecule has 0 aliphatic carbocycles. The summed E-state index contributed by atoms with van der Waals surface area (Å²) in [7, 11) is 0. The molecule has 90 valence electrons. The molecule has 0 aliphatic rings. The summed E-state index contributed by atoms with van der Waals surface area (Å²) in [5, 5.41) is 10.8. The molecule has 0 saturated heterocycles. The lowest BCUT2D eigenvalue weighted by Crippen LogP contribution is -2.12. The summed E-state index contributed by atoms with van der Waals surface area (Å²) in [6.45, 7) is 4.22. The summed E-state index contributed by atoms with van der Waals surface area (Å²) in [6.07, 6.45) is 1.44. The average molecular weight is 231 g/mol. The zero-order chi connectivity index (χ0) is 12.3. The molecule has 1 aromatic heterocycles. The van der Waals surface area contributed by atoms with Gasteiger partial charge < -0.3 is 5.32 Å². The number of aromatic nitrogens is 2. The highest BCUT2D eigenvalue weighted by Crippen LogP contribution is 2.19. The molecule has 0 saturated carbocycles. The number of carbonyl (C=O) groups is 1. The predicted molar refractivity (Wildman–Crippen MR) is 68.8 cm³/mol. The Morgan fingerprint density at radius 2 is 2.18 bits per heavy atom. The van der Waals surface area contributed by atoms with Crippen molar-refractivity contribution in [3.8, 4) is 0 Å². The second kappa shape index (κ2) is 4.99. The van der Waals surface area contributed by atoms with Gasteiger partial charge >= 0.3 is 0 Å². The number of nitrogens with zero attached hydrogens (tertiary/aromatic N) is 1.